The van der Waals surface area contributed by atoms with E-state index in [0.29, 0.717) is 17.3 Å². The lowest BCUT2D eigenvalue weighted by molar-refractivity contribution is 0.100. The number of hydrogen-bond donors (Lipinski definition) is 3. The van der Waals surface area contributed by atoms with Gasteiger partial charge in [-0.05, 0) is 31.5 Å². The molecule has 1 unspecified atom stereocenters. The molecule has 0 heterocycles. The van der Waals surface area contributed by atoms with Gasteiger partial charge in [0.05, 0.1) is 5.56 Å². The number of anilines is 2. The normalized spacial score (nSPS) is 12.1. The average Bonchev–Trinajstić information content (AvgIpc) is 2.31. The SMILES string of the molecule is CCCCCC(C)Nc1ccc(N)cc1C(N)=O. The fraction of sp³-hybridized carbons (Fsp3) is 0.500. The zero-order valence-electron chi connectivity index (χ0n) is 11.2. The molecule has 0 fully saturated rings. The van der Waals surface area contributed by atoms with Crippen molar-refractivity contribution in [1.29, 1.82) is 0 Å². The quantitative estimate of drug-likeness (QED) is 0.513. The molecule has 4 heteroatoms. The van der Waals surface area contributed by atoms with Crippen molar-refractivity contribution in [2.45, 2.75) is 45.6 Å². The number of rotatable bonds is 7. The van der Waals surface area contributed by atoms with Crippen LogP contribution in [0.3, 0.4) is 0 Å². The van der Waals surface area contributed by atoms with Gasteiger partial charge in [0.1, 0.15) is 0 Å². The Morgan fingerprint density at radius 1 is 1.39 bits per heavy atom. The molecule has 1 amide bonds. The monoisotopic (exact) mass is 249 g/mol. The van der Waals surface area contributed by atoms with Crippen molar-refractivity contribution in [3.8, 4) is 0 Å². The van der Waals surface area contributed by atoms with Crippen LogP contribution >= 0.6 is 0 Å². The van der Waals surface area contributed by atoms with Crippen LogP contribution in [0.5, 0.6) is 0 Å². The van der Waals surface area contributed by atoms with E-state index in [1.54, 1.807) is 12.1 Å². The summed E-state index contributed by atoms with van der Waals surface area (Å²) < 4.78 is 0. The number of nitrogens with one attached hydrogen (secondary N) is 1. The van der Waals surface area contributed by atoms with Crippen LogP contribution in [0.2, 0.25) is 0 Å². The molecule has 100 valence electrons. The van der Waals surface area contributed by atoms with Gasteiger partial charge in [-0.15, -0.1) is 0 Å². The first-order valence-corrected chi connectivity index (χ1v) is 6.50. The maximum atomic E-state index is 11.3. The largest absolute Gasteiger partial charge is 0.399 e. The van der Waals surface area contributed by atoms with Crippen LogP contribution in [-0.2, 0) is 0 Å². The highest BCUT2D eigenvalue weighted by molar-refractivity contribution is 5.99. The number of nitrogen functional groups attached to an aromatic ring is 1. The first-order chi connectivity index (χ1) is 8.54. The Kier molecular flexibility index (Phi) is 5.49. The van der Waals surface area contributed by atoms with E-state index >= 15 is 0 Å². The van der Waals surface area contributed by atoms with Gasteiger partial charge in [0.15, 0.2) is 0 Å². The van der Waals surface area contributed by atoms with Crippen molar-refractivity contribution < 1.29 is 4.79 Å². The number of hydrogen-bond acceptors (Lipinski definition) is 3. The van der Waals surface area contributed by atoms with Crippen LogP contribution in [0.1, 0.15) is 49.9 Å². The van der Waals surface area contributed by atoms with Gasteiger partial charge in [-0.3, -0.25) is 4.79 Å². The van der Waals surface area contributed by atoms with Crippen molar-refractivity contribution in [2.24, 2.45) is 5.73 Å². The summed E-state index contributed by atoms with van der Waals surface area (Å²) in [4.78, 5) is 11.3. The highest BCUT2D eigenvalue weighted by atomic mass is 16.1. The predicted octanol–water partition coefficient (Wildman–Crippen LogP) is 2.75. The van der Waals surface area contributed by atoms with E-state index in [0.717, 1.165) is 12.1 Å². The van der Waals surface area contributed by atoms with Crippen LogP contribution < -0.4 is 16.8 Å². The maximum Gasteiger partial charge on any atom is 0.250 e. The molecule has 0 bridgehead atoms. The fourth-order valence-corrected chi connectivity index (χ4v) is 1.93. The Bertz CT molecular complexity index is 404. The molecule has 0 aromatic heterocycles. The third-order valence-corrected chi connectivity index (χ3v) is 2.95. The summed E-state index contributed by atoms with van der Waals surface area (Å²) in [6.07, 6.45) is 4.71. The van der Waals surface area contributed by atoms with Crippen molar-refractivity contribution in [1.82, 2.24) is 0 Å². The lowest BCUT2D eigenvalue weighted by Gasteiger charge is -2.17. The molecule has 0 spiro atoms. The van der Waals surface area contributed by atoms with Crippen LogP contribution in [-0.4, -0.2) is 11.9 Å². The van der Waals surface area contributed by atoms with Gasteiger partial charge < -0.3 is 16.8 Å². The van der Waals surface area contributed by atoms with E-state index in [1.807, 2.05) is 6.07 Å². The predicted molar refractivity (Wildman–Crippen MR) is 76.6 cm³/mol. The van der Waals surface area contributed by atoms with Gasteiger partial charge in [0, 0.05) is 17.4 Å². The van der Waals surface area contributed by atoms with E-state index in [-0.39, 0.29) is 0 Å². The van der Waals surface area contributed by atoms with Crippen LogP contribution in [0.25, 0.3) is 0 Å². The first kappa shape index (κ1) is 14.4. The smallest absolute Gasteiger partial charge is 0.250 e. The molecule has 18 heavy (non-hydrogen) atoms. The van der Waals surface area contributed by atoms with Crippen molar-refractivity contribution in [2.75, 3.05) is 11.1 Å². The molecule has 1 atom stereocenters. The van der Waals surface area contributed by atoms with Gasteiger partial charge in [-0.2, -0.15) is 0 Å². The van der Waals surface area contributed by atoms with E-state index in [2.05, 4.69) is 19.2 Å². The first-order valence-electron chi connectivity index (χ1n) is 6.50. The number of amides is 1. The summed E-state index contributed by atoms with van der Waals surface area (Å²) in [5.74, 6) is -0.453. The van der Waals surface area contributed by atoms with Crippen molar-refractivity contribution in [3.63, 3.8) is 0 Å². The number of nitrogens with two attached hydrogens (primary N) is 2. The molecule has 0 saturated heterocycles. The Morgan fingerprint density at radius 3 is 2.72 bits per heavy atom. The molecule has 1 aromatic rings. The van der Waals surface area contributed by atoms with Crippen LogP contribution in [0.15, 0.2) is 18.2 Å². The Balaban J connectivity index is 2.68. The third-order valence-electron chi connectivity index (χ3n) is 2.95. The second kappa shape index (κ2) is 6.89. The standard InChI is InChI=1S/C14H23N3O/c1-3-4-5-6-10(2)17-13-8-7-11(15)9-12(13)14(16)18/h7-10,17H,3-6,15H2,1-2H3,(H2,16,18). The van der Waals surface area contributed by atoms with Crippen LogP contribution in [0, 0.1) is 0 Å². The molecular weight excluding hydrogens is 226 g/mol. The Hall–Kier alpha value is -1.71. The summed E-state index contributed by atoms with van der Waals surface area (Å²) in [5, 5.41) is 3.32. The molecule has 0 aliphatic carbocycles. The highest BCUT2D eigenvalue weighted by Gasteiger charge is 2.10. The lowest BCUT2D eigenvalue weighted by atomic mass is 10.1. The van der Waals surface area contributed by atoms with Crippen LogP contribution in [0.4, 0.5) is 11.4 Å². The third kappa shape index (κ3) is 4.28. The van der Waals surface area contributed by atoms with Gasteiger partial charge in [-0.1, -0.05) is 26.2 Å². The van der Waals surface area contributed by atoms with Gasteiger partial charge >= 0.3 is 0 Å². The number of unbranched alkanes of at least 4 members (excludes halogenated alkanes) is 2. The molecule has 1 aromatic carbocycles. The zero-order chi connectivity index (χ0) is 13.5. The summed E-state index contributed by atoms with van der Waals surface area (Å²) in [6.45, 7) is 4.29. The van der Waals surface area contributed by atoms with Gasteiger partial charge in [0.25, 0.3) is 5.91 Å². The number of carbonyl (C=O) groups is 1. The zero-order valence-corrected chi connectivity index (χ0v) is 11.2. The minimum Gasteiger partial charge on any atom is -0.399 e. The van der Waals surface area contributed by atoms with E-state index in [1.165, 1.54) is 19.3 Å². The summed E-state index contributed by atoms with van der Waals surface area (Å²) >= 11 is 0. The van der Waals surface area contributed by atoms with Gasteiger partial charge in [-0.25, -0.2) is 0 Å². The molecule has 4 nitrogen and oxygen atoms in total. The summed E-state index contributed by atoms with van der Waals surface area (Å²) in [5.41, 5.74) is 12.8. The summed E-state index contributed by atoms with van der Waals surface area (Å²) in [7, 11) is 0. The van der Waals surface area contributed by atoms with E-state index in [4.69, 9.17) is 11.5 Å². The van der Waals surface area contributed by atoms with Gasteiger partial charge in [0.2, 0.25) is 0 Å². The highest BCUT2D eigenvalue weighted by Crippen LogP contribution is 2.20. The average molecular weight is 249 g/mol. The lowest BCUT2D eigenvalue weighted by Crippen LogP contribution is -2.20. The molecule has 0 aliphatic heterocycles. The minimum atomic E-state index is -0.453. The number of benzene rings is 1. The van der Waals surface area contributed by atoms with E-state index in [9.17, 15) is 4.79 Å². The molecule has 0 radical (unpaired) electrons. The van der Waals surface area contributed by atoms with Crippen molar-refractivity contribution >= 4 is 17.3 Å². The molecule has 0 aliphatic rings. The Labute approximate surface area is 109 Å². The summed E-state index contributed by atoms with van der Waals surface area (Å²) in [6, 6.07) is 5.51. The second-order valence-corrected chi connectivity index (χ2v) is 4.71. The molecule has 5 N–H and O–H groups in total. The Morgan fingerprint density at radius 2 is 2.11 bits per heavy atom. The molecular formula is C14H23N3O. The molecule has 1 rings (SSSR count). The number of carbonyl (C=O) groups excluding carboxylic acids is 1. The van der Waals surface area contributed by atoms with Crippen molar-refractivity contribution in [3.05, 3.63) is 23.8 Å². The second-order valence-electron chi connectivity index (χ2n) is 4.71. The molecule has 0 saturated carbocycles. The topological polar surface area (TPSA) is 81.1 Å². The number of primary amides is 1. The van der Waals surface area contributed by atoms with E-state index < -0.39 is 5.91 Å². The maximum absolute atomic E-state index is 11.3. The fourth-order valence-electron chi connectivity index (χ4n) is 1.93. The minimum absolute atomic E-state index is 0.318.